The molecular formula is C31H39F3O8S. The molecule has 0 saturated heterocycles. The molecule has 2 aliphatic carbocycles. The van der Waals surface area contributed by atoms with Gasteiger partial charge in [0.05, 0.1) is 14.2 Å². The van der Waals surface area contributed by atoms with Crippen LogP contribution in [0, 0.1) is 11.8 Å². The highest BCUT2D eigenvalue weighted by atomic mass is 32.2. The van der Waals surface area contributed by atoms with Crippen molar-refractivity contribution < 1.29 is 49.9 Å². The van der Waals surface area contributed by atoms with Gasteiger partial charge in [0, 0.05) is 12.8 Å². The maximum Gasteiger partial charge on any atom is 0.534 e. The van der Waals surface area contributed by atoms with E-state index < -0.39 is 15.6 Å². The molecule has 0 spiro atoms. The minimum atomic E-state index is -5.65. The molecule has 2 saturated carbocycles. The lowest BCUT2D eigenvalue weighted by Gasteiger charge is -2.28. The summed E-state index contributed by atoms with van der Waals surface area (Å²) in [5.74, 6) is 1.17. The van der Waals surface area contributed by atoms with Crippen molar-refractivity contribution in [3.05, 3.63) is 59.7 Å². The van der Waals surface area contributed by atoms with Gasteiger partial charge in [0.15, 0.2) is 0 Å². The van der Waals surface area contributed by atoms with Gasteiger partial charge in [-0.3, -0.25) is 9.59 Å². The highest BCUT2D eigenvalue weighted by molar-refractivity contribution is 7.88. The van der Waals surface area contributed by atoms with Gasteiger partial charge in [-0.25, -0.2) is 0 Å². The van der Waals surface area contributed by atoms with E-state index in [9.17, 15) is 36.3 Å². The molecule has 0 atom stereocenters. The van der Waals surface area contributed by atoms with Crippen molar-refractivity contribution in [1.29, 1.82) is 0 Å². The lowest BCUT2D eigenvalue weighted by molar-refractivity contribution is -0.142. The van der Waals surface area contributed by atoms with Crippen LogP contribution >= 0.6 is 0 Å². The minimum absolute atomic E-state index is 0.0944. The van der Waals surface area contributed by atoms with E-state index in [4.69, 9.17) is 4.74 Å². The fourth-order valence-electron chi connectivity index (χ4n) is 5.75. The van der Waals surface area contributed by atoms with E-state index in [-0.39, 0.29) is 29.5 Å². The first kappa shape index (κ1) is 34.2. The fraction of sp³-hybridized carbons (Fsp3) is 0.548. The van der Waals surface area contributed by atoms with Gasteiger partial charge < -0.3 is 18.8 Å². The first-order valence-corrected chi connectivity index (χ1v) is 15.7. The van der Waals surface area contributed by atoms with Gasteiger partial charge in [-0.15, -0.1) is 0 Å². The molecule has 1 N–H and O–H groups in total. The number of methoxy groups -OCH3 is 2. The number of carbonyl (C=O) groups excluding carboxylic acids is 2. The zero-order valence-corrected chi connectivity index (χ0v) is 25.2. The molecule has 8 nitrogen and oxygen atoms in total. The molecule has 0 unspecified atom stereocenters. The minimum Gasteiger partial charge on any atom is -0.508 e. The molecule has 238 valence electrons. The largest absolute Gasteiger partial charge is 0.534 e. The Bertz CT molecular complexity index is 1280. The molecular weight excluding hydrogens is 589 g/mol. The Morgan fingerprint density at radius 3 is 1.44 bits per heavy atom. The summed E-state index contributed by atoms with van der Waals surface area (Å²) in [4.78, 5) is 22.5. The van der Waals surface area contributed by atoms with Crippen LogP contribution in [0.2, 0.25) is 0 Å². The molecule has 0 amide bonds. The van der Waals surface area contributed by atoms with Crippen LogP contribution in [0.15, 0.2) is 48.5 Å². The lowest BCUT2D eigenvalue weighted by Crippen LogP contribution is -2.28. The average molecular weight is 629 g/mol. The number of ether oxygens (including phenoxy) is 2. The molecule has 0 bridgehead atoms. The molecule has 2 fully saturated rings. The number of hydrogen-bond acceptors (Lipinski definition) is 8. The number of hydrogen-bond donors (Lipinski definition) is 1. The number of benzene rings is 2. The van der Waals surface area contributed by atoms with Gasteiger partial charge in [0.25, 0.3) is 0 Å². The predicted octanol–water partition coefficient (Wildman–Crippen LogP) is 6.98. The standard InChI is InChI=1S/C16H19F3O5S.C15H20O3/c1-23-15(20)10-11-2-4-12(5-3-11)13-6-8-14(9-7-13)24-25(21,22)16(17,18)19;1-18-15(17)10-11-2-4-12(5-3-11)13-6-8-14(16)9-7-13/h6-9,11-12H,2-5,10H2,1H3;6-9,11-12,16H,2-5,10H2,1H3. The molecule has 0 aliphatic heterocycles. The molecule has 2 aromatic rings. The number of rotatable bonds is 8. The van der Waals surface area contributed by atoms with Crippen LogP contribution in [0.1, 0.15) is 87.2 Å². The normalized spacial score (nSPS) is 22.4. The van der Waals surface area contributed by atoms with Crippen molar-refractivity contribution in [3.8, 4) is 11.5 Å². The Balaban J connectivity index is 0.000000248. The first-order valence-electron chi connectivity index (χ1n) is 14.3. The van der Waals surface area contributed by atoms with Crippen molar-refractivity contribution in [2.24, 2.45) is 11.8 Å². The predicted molar refractivity (Wildman–Crippen MR) is 153 cm³/mol. The summed E-state index contributed by atoms with van der Waals surface area (Å²) in [7, 11) is -2.85. The van der Waals surface area contributed by atoms with Crippen molar-refractivity contribution >= 4 is 22.1 Å². The van der Waals surface area contributed by atoms with Crippen molar-refractivity contribution in [2.75, 3.05) is 14.2 Å². The van der Waals surface area contributed by atoms with Crippen LogP contribution in [0.5, 0.6) is 11.5 Å². The van der Waals surface area contributed by atoms with Crippen LogP contribution in [0.25, 0.3) is 0 Å². The molecule has 0 aromatic heterocycles. The van der Waals surface area contributed by atoms with E-state index in [2.05, 4.69) is 8.92 Å². The number of esters is 2. The summed E-state index contributed by atoms with van der Waals surface area (Å²) in [5.41, 5.74) is -3.25. The van der Waals surface area contributed by atoms with Gasteiger partial charge in [0.2, 0.25) is 0 Å². The quantitative estimate of drug-likeness (QED) is 0.189. The summed E-state index contributed by atoms with van der Waals surface area (Å²) in [6.07, 6.45) is 8.77. The summed E-state index contributed by atoms with van der Waals surface area (Å²) < 4.78 is 72.3. The number of phenols is 1. The van der Waals surface area contributed by atoms with Crippen LogP contribution in [-0.4, -0.2) is 45.2 Å². The van der Waals surface area contributed by atoms with Gasteiger partial charge in [-0.2, -0.15) is 21.6 Å². The third kappa shape index (κ3) is 10.4. The van der Waals surface area contributed by atoms with Gasteiger partial charge >= 0.3 is 27.6 Å². The Morgan fingerprint density at radius 1 is 0.721 bits per heavy atom. The number of aromatic hydroxyl groups is 1. The smallest absolute Gasteiger partial charge is 0.508 e. The lowest BCUT2D eigenvalue weighted by atomic mass is 9.77. The van der Waals surface area contributed by atoms with E-state index in [0.29, 0.717) is 30.4 Å². The SMILES string of the molecule is COC(=O)CC1CCC(c2ccc(O)cc2)CC1.COC(=O)CC1CCC(c2ccc(OS(=O)(=O)C(F)(F)F)cc2)CC1. The molecule has 0 heterocycles. The topological polar surface area (TPSA) is 116 Å². The van der Waals surface area contributed by atoms with E-state index in [1.54, 1.807) is 24.3 Å². The summed E-state index contributed by atoms with van der Waals surface area (Å²) >= 11 is 0. The highest BCUT2D eigenvalue weighted by Crippen LogP contribution is 2.39. The molecule has 2 aromatic carbocycles. The average Bonchev–Trinajstić information content (AvgIpc) is 2.98. The Hall–Kier alpha value is -3.28. The van der Waals surface area contributed by atoms with E-state index in [1.807, 2.05) is 12.1 Å². The second-order valence-corrected chi connectivity index (χ2v) is 12.7. The molecule has 2 aliphatic rings. The molecule has 12 heteroatoms. The summed E-state index contributed by atoms with van der Waals surface area (Å²) in [5, 5.41) is 9.27. The number of carbonyl (C=O) groups is 2. The third-order valence-corrected chi connectivity index (χ3v) is 9.24. The third-order valence-electron chi connectivity index (χ3n) is 8.26. The van der Waals surface area contributed by atoms with Crippen molar-refractivity contribution in [1.82, 2.24) is 0 Å². The Morgan fingerprint density at radius 2 is 1.09 bits per heavy atom. The van der Waals surface area contributed by atoms with Gasteiger partial charge in [-0.1, -0.05) is 24.3 Å². The molecule has 4 rings (SSSR count). The first-order chi connectivity index (χ1) is 20.3. The van der Waals surface area contributed by atoms with Crippen LogP contribution in [0.4, 0.5) is 13.2 Å². The van der Waals surface area contributed by atoms with E-state index in [1.165, 1.54) is 31.9 Å². The zero-order chi connectivity index (χ0) is 31.6. The monoisotopic (exact) mass is 628 g/mol. The number of alkyl halides is 3. The number of phenolic OH excluding ortho intramolecular Hbond substituents is 1. The van der Waals surface area contributed by atoms with Crippen molar-refractivity contribution in [2.45, 2.75) is 81.6 Å². The van der Waals surface area contributed by atoms with Crippen LogP contribution in [-0.2, 0) is 29.2 Å². The van der Waals surface area contributed by atoms with Crippen molar-refractivity contribution in [3.63, 3.8) is 0 Å². The van der Waals surface area contributed by atoms with Gasteiger partial charge in [-0.05, 0) is 110 Å². The zero-order valence-electron chi connectivity index (χ0n) is 24.3. The number of halogens is 3. The summed E-state index contributed by atoms with van der Waals surface area (Å²) in [6.45, 7) is 0. The summed E-state index contributed by atoms with van der Waals surface area (Å²) in [6, 6.07) is 13.1. The maximum atomic E-state index is 12.3. The Kier molecular flexibility index (Phi) is 12.3. The van der Waals surface area contributed by atoms with Gasteiger partial charge in [0.1, 0.15) is 11.5 Å². The maximum absolute atomic E-state index is 12.3. The van der Waals surface area contributed by atoms with E-state index in [0.717, 1.165) is 56.9 Å². The Labute approximate surface area is 250 Å². The van der Waals surface area contributed by atoms with E-state index >= 15 is 0 Å². The van der Waals surface area contributed by atoms with Crippen LogP contribution < -0.4 is 4.18 Å². The second-order valence-electron chi connectivity index (χ2n) is 11.1. The molecule has 0 radical (unpaired) electrons. The highest BCUT2D eigenvalue weighted by Gasteiger charge is 2.48. The molecule has 43 heavy (non-hydrogen) atoms. The van der Waals surface area contributed by atoms with Crippen LogP contribution in [0.3, 0.4) is 0 Å². The second kappa shape index (κ2) is 15.4. The fourth-order valence-corrected chi connectivity index (χ4v) is 6.21.